The van der Waals surface area contributed by atoms with Gasteiger partial charge in [0, 0.05) is 30.1 Å². The number of rotatable bonds is 7. The number of benzene rings is 2. The summed E-state index contributed by atoms with van der Waals surface area (Å²) in [6.07, 6.45) is 3.62. The molecule has 0 aliphatic carbocycles. The topological polar surface area (TPSA) is 57.2 Å². The van der Waals surface area contributed by atoms with Crippen LogP contribution in [-0.4, -0.2) is 31.4 Å². The molecule has 0 saturated carbocycles. The van der Waals surface area contributed by atoms with Crippen LogP contribution in [0.25, 0.3) is 22.4 Å². The third-order valence-corrected chi connectivity index (χ3v) is 5.00. The highest BCUT2D eigenvalue weighted by molar-refractivity contribution is 6.00. The van der Waals surface area contributed by atoms with Gasteiger partial charge in [0.15, 0.2) is 0 Å². The number of hydrogen-bond acceptors (Lipinski definition) is 4. The molecule has 4 aromatic rings. The lowest BCUT2D eigenvalue weighted by Crippen LogP contribution is -2.08. The van der Waals surface area contributed by atoms with Crippen molar-refractivity contribution >= 4 is 16.7 Å². The van der Waals surface area contributed by atoms with Crippen LogP contribution in [0.4, 0.5) is 4.39 Å². The maximum Gasteiger partial charge on any atom is 0.140 e. The minimum Gasteiger partial charge on any atom is -0.396 e. The summed E-state index contributed by atoms with van der Waals surface area (Å²) in [7, 11) is 0. The number of halogens is 1. The zero-order chi connectivity index (χ0) is 21.1. The maximum atomic E-state index is 13.7. The standard InChI is InChI=1S/C23H24FN5O/c1-4-29-21-10-9-17(16(3)27-30-5-2)14-20(21)26-22(29)15-28-12-11-25-23(28)18-7-6-8-19(24)13-18/h6-14H,4-5,15H2,1-3H3/b27-16+. The second-order valence-corrected chi connectivity index (χ2v) is 6.96. The minimum absolute atomic E-state index is 0.278. The molecule has 0 aliphatic rings. The Hall–Kier alpha value is -3.48. The first kappa shape index (κ1) is 19.8. The summed E-state index contributed by atoms with van der Waals surface area (Å²) in [5, 5.41) is 4.12. The summed E-state index contributed by atoms with van der Waals surface area (Å²) in [6.45, 7) is 7.79. The van der Waals surface area contributed by atoms with E-state index >= 15 is 0 Å². The van der Waals surface area contributed by atoms with Crippen molar-refractivity contribution in [1.82, 2.24) is 19.1 Å². The van der Waals surface area contributed by atoms with E-state index in [1.54, 1.807) is 12.3 Å². The van der Waals surface area contributed by atoms with Crippen LogP contribution in [0.1, 0.15) is 32.2 Å². The Balaban J connectivity index is 1.71. The van der Waals surface area contributed by atoms with Gasteiger partial charge in [-0.1, -0.05) is 23.4 Å². The summed E-state index contributed by atoms with van der Waals surface area (Å²) in [5.41, 5.74) is 4.50. The summed E-state index contributed by atoms with van der Waals surface area (Å²) >= 11 is 0. The molecule has 0 amide bonds. The van der Waals surface area contributed by atoms with Crippen LogP contribution < -0.4 is 0 Å². The number of nitrogens with zero attached hydrogens (tertiary/aromatic N) is 5. The summed E-state index contributed by atoms with van der Waals surface area (Å²) in [6, 6.07) is 12.6. The van der Waals surface area contributed by atoms with Gasteiger partial charge in [0.1, 0.15) is 24.1 Å². The van der Waals surface area contributed by atoms with E-state index in [2.05, 4.69) is 27.7 Å². The molecule has 2 aromatic heterocycles. The molecule has 0 saturated heterocycles. The monoisotopic (exact) mass is 405 g/mol. The lowest BCUT2D eigenvalue weighted by Gasteiger charge is -2.10. The number of hydrogen-bond donors (Lipinski definition) is 0. The van der Waals surface area contributed by atoms with Crippen molar-refractivity contribution in [3.8, 4) is 11.4 Å². The fraction of sp³-hybridized carbons (Fsp3) is 0.261. The largest absolute Gasteiger partial charge is 0.396 e. The molecule has 0 atom stereocenters. The van der Waals surface area contributed by atoms with Crippen LogP contribution in [0.5, 0.6) is 0 Å². The zero-order valence-corrected chi connectivity index (χ0v) is 17.3. The van der Waals surface area contributed by atoms with E-state index in [-0.39, 0.29) is 5.82 Å². The summed E-state index contributed by atoms with van der Waals surface area (Å²) in [5.74, 6) is 1.35. The van der Waals surface area contributed by atoms with Crippen LogP contribution in [-0.2, 0) is 17.9 Å². The van der Waals surface area contributed by atoms with Crippen molar-refractivity contribution in [2.45, 2.75) is 33.9 Å². The van der Waals surface area contributed by atoms with E-state index in [0.29, 0.717) is 19.0 Å². The van der Waals surface area contributed by atoms with Gasteiger partial charge in [0.25, 0.3) is 0 Å². The molecule has 0 bridgehead atoms. The average Bonchev–Trinajstić information content (AvgIpc) is 3.35. The van der Waals surface area contributed by atoms with Crippen LogP contribution >= 0.6 is 0 Å². The van der Waals surface area contributed by atoms with E-state index < -0.39 is 0 Å². The molecular weight excluding hydrogens is 381 g/mol. The number of oxime groups is 1. The molecule has 0 N–H and O–H groups in total. The van der Waals surface area contributed by atoms with Crippen molar-refractivity contribution in [3.05, 3.63) is 72.1 Å². The highest BCUT2D eigenvalue weighted by Crippen LogP contribution is 2.23. The fourth-order valence-corrected chi connectivity index (χ4v) is 3.57. The van der Waals surface area contributed by atoms with Crippen molar-refractivity contribution in [1.29, 1.82) is 0 Å². The molecule has 154 valence electrons. The number of aryl methyl sites for hydroxylation is 1. The Morgan fingerprint density at radius 2 is 2.03 bits per heavy atom. The van der Waals surface area contributed by atoms with Gasteiger partial charge in [-0.05, 0) is 45.0 Å². The molecule has 7 heteroatoms. The van der Waals surface area contributed by atoms with E-state index in [4.69, 9.17) is 9.82 Å². The second kappa shape index (κ2) is 8.49. The van der Waals surface area contributed by atoms with Crippen molar-refractivity contribution in [2.24, 2.45) is 5.16 Å². The highest BCUT2D eigenvalue weighted by Gasteiger charge is 2.14. The molecule has 6 nitrogen and oxygen atoms in total. The summed E-state index contributed by atoms with van der Waals surface area (Å²) in [4.78, 5) is 14.5. The van der Waals surface area contributed by atoms with Crippen molar-refractivity contribution < 1.29 is 9.23 Å². The molecule has 0 aliphatic heterocycles. The Morgan fingerprint density at radius 1 is 1.17 bits per heavy atom. The van der Waals surface area contributed by atoms with Crippen LogP contribution in [0.15, 0.2) is 60.0 Å². The van der Waals surface area contributed by atoms with Gasteiger partial charge >= 0.3 is 0 Å². The fourth-order valence-electron chi connectivity index (χ4n) is 3.57. The molecule has 0 radical (unpaired) electrons. The number of aromatic nitrogens is 4. The van der Waals surface area contributed by atoms with Gasteiger partial charge in [0.05, 0.1) is 23.3 Å². The molecule has 0 unspecified atom stereocenters. The van der Waals surface area contributed by atoms with Crippen molar-refractivity contribution in [2.75, 3.05) is 6.61 Å². The van der Waals surface area contributed by atoms with Gasteiger partial charge in [-0.15, -0.1) is 0 Å². The maximum absolute atomic E-state index is 13.7. The molecule has 0 spiro atoms. The lowest BCUT2D eigenvalue weighted by molar-refractivity contribution is 0.159. The van der Waals surface area contributed by atoms with E-state index in [1.165, 1.54) is 12.1 Å². The van der Waals surface area contributed by atoms with E-state index in [0.717, 1.165) is 40.2 Å². The lowest BCUT2D eigenvalue weighted by atomic mass is 10.1. The minimum atomic E-state index is -0.278. The molecule has 0 fully saturated rings. The predicted octanol–water partition coefficient (Wildman–Crippen LogP) is 4.87. The van der Waals surface area contributed by atoms with E-state index in [1.807, 2.05) is 42.8 Å². The molecule has 2 heterocycles. The Labute approximate surface area is 174 Å². The van der Waals surface area contributed by atoms with Gasteiger partial charge in [0.2, 0.25) is 0 Å². The molecule has 4 rings (SSSR count). The second-order valence-electron chi connectivity index (χ2n) is 6.96. The van der Waals surface area contributed by atoms with E-state index in [9.17, 15) is 4.39 Å². The van der Waals surface area contributed by atoms with Crippen molar-refractivity contribution in [3.63, 3.8) is 0 Å². The van der Waals surface area contributed by atoms with Gasteiger partial charge in [-0.25, -0.2) is 14.4 Å². The number of imidazole rings is 2. The molecule has 30 heavy (non-hydrogen) atoms. The first-order valence-electron chi connectivity index (χ1n) is 10.0. The Bertz CT molecular complexity index is 1210. The van der Waals surface area contributed by atoms with Crippen LogP contribution in [0, 0.1) is 5.82 Å². The highest BCUT2D eigenvalue weighted by atomic mass is 19.1. The third kappa shape index (κ3) is 3.83. The molecular formula is C23H24FN5O. The molecule has 2 aromatic carbocycles. The van der Waals surface area contributed by atoms with Gasteiger partial charge in [-0.2, -0.15) is 0 Å². The third-order valence-electron chi connectivity index (χ3n) is 5.00. The van der Waals surface area contributed by atoms with Crippen LogP contribution in [0.3, 0.4) is 0 Å². The smallest absolute Gasteiger partial charge is 0.140 e. The summed E-state index contributed by atoms with van der Waals surface area (Å²) < 4.78 is 17.9. The first-order chi connectivity index (χ1) is 14.6. The number of fused-ring (bicyclic) bond motifs is 1. The SMILES string of the molecule is CCO/N=C(\C)c1ccc2c(c1)nc(Cn1ccnc1-c1cccc(F)c1)n2CC. The normalized spacial score (nSPS) is 11.9. The predicted molar refractivity (Wildman–Crippen MR) is 116 cm³/mol. The Kier molecular flexibility index (Phi) is 5.61. The zero-order valence-electron chi connectivity index (χ0n) is 17.3. The quantitative estimate of drug-likeness (QED) is 0.326. The first-order valence-corrected chi connectivity index (χ1v) is 10.0. The van der Waals surface area contributed by atoms with Gasteiger partial charge in [-0.3, -0.25) is 0 Å². The van der Waals surface area contributed by atoms with Gasteiger partial charge < -0.3 is 14.0 Å². The average molecular weight is 405 g/mol. The van der Waals surface area contributed by atoms with Crippen LogP contribution in [0.2, 0.25) is 0 Å². The Morgan fingerprint density at radius 3 is 2.80 bits per heavy atom.